The third kappa shape index (κ3) is 2.64. The summed E-state index contributed by atoms with van der Waals surface area (Å²) >= 11 is 0. The lowest BCUT2D eigenvalue weighted by Gasteiger charge is -2.10. The van der Waals surface area contributed by atoms with Crippen molar-refractivity contribution in [1.82, 2.24) is 19.1 Å². The SMILES string of the molecule is c1ccc(-n2c3cccnc3c3cc4c5ccccc5n(-c5ccc6ccccc6c5)c4nc32)cc1. The summed E-state index contributed by atoms with van der Waals surface area (Å²) in [6.45, 7) is 0. The fourth-order valence-corrected chi connectivity index (χ4v) is 5.53. The third-order valence-corrected chi connectivity index (χ3v) is 7.13. The molecule has 0 saturated heterocycles. The lowest BCUT2D eigenvalue weighted by molar-refractivity contribution is 1.11. The van der Waals surface area contributed by atoms with Crippen LogP contribution in [-0.4, -0.2) is 19.1 Å². The number of para-hydroxylation sites is 2. The van der Waals surface area contributed by atoms with Crippen LogP contribution in [0.25, 0.3) is 66.2 Å². The van der Waals surface area contributed by atoms with E-state index >= 15 is 0 Å². The third-order valence-electron chi connectivity index (χ3n) is 7.13. The molecule has 0 aliphatic rings. The summed E-state index contributed by atoms with van der Waals surface area (Å²) in [5, 5.41) is 5.82. The van der Waals surface area contributed by atoms with E-state index in [1.54, 1.807) is 0 Å². The minimum Gasteiger partial charge on any atom is -0.294 e. The summed E-state index contributed by atoms with van der Waals surface area (Å²) < 4.78 is 4.51. The normalized spacial score (nSPS) is 11.9. The summed E-state index contributed by atoms with van der Waals surface area (Å²) in [6.07, 6.45) is 1.86. The Morgan fingerprint density at radius 1 is 0.472 bits per heavy atom. The van der Waals surface area contributed by atoms with Crippen LogP contribution in [-0.2, 0) is 0 Å². The summed E-state index contributed by atoms with van der Waals surface area (Å²) in [7, 11) is 0. The maximum Gasteiger partial charge on any atom is 0.149 e. The van der Waals surface area contributed by atoms with Gasteiger partial charge in [-0.3, -0.25) is 14.1 Å². The van der Waals surface area contributed by atoms with Gasteiger partial charge >= 0.3 is 0 Å². The number of aromatic nitrogens is 4. The van der Waals surface area contributed by atoms with Crippen LogP contribution in [0.5, 0.6) is 0 Å². The largest absolute Gasteiger partial charge is 0.294 e. The Balaban J connectivity index is 1.55. The Labute approximate surface area is 206 Å². The van der Waals surface area contributed by atoms with Crippen molar-refractivity contribution >= 4 is 54.8 Å². The lowest BCUT2D eigenvalue weighted by atomic mass is 10.1. The van der Waals surface area contributed by atoms with Crippen molar-refractivity contribution < 1.29 is 0 Å². The molecule has 8 rings (SSSR count). The quantitative estimate of drug-likeness (QED) is 0.264. The molecule has 4 aromatic heterocycles. The van der Waals surface area contributed by atoms with E-state index in [2.05, 4.69) is 112 Å². The summed E-state index contributed by atoms with van der Waals surface area (Å²) in [5.74, 6) is 0. The van der Waals surface area contributed by atoms with Crippen molar-refractivity contribution in [3.63, 3.8) is 0 Å². The van der Waals surface area contributed by atoms with Crippen molar-refractivity contribution in [3.05, 3.63) is 121 Å². The van der Waals surface area contributed by atoms with Gasteiger partial charge in [0.15, 0.2) is 0 Å². The standard InChI is InChI=1S/C32H20N4/c1-2-11-23(12-3-1)35-29-15-8-18-33-30(29)27-20-26-25-13-6-7-14-28(25)36(31(26)34-32(27)35)24-17-16-21-9-4-5-10-22(21)19-24/h1-20H. The van der Waals surface area contributed by atoms with E-state index in [-0.39, 0.29) is 0 Å². The van der Waals surface area contributed by atoms with E-state index < -0.39 is 0 Å². The van der Waals surface area contributed by atoms with Gasteiger partial charge in [0.1, 0.15) is 11.3 Å². The van der Waals surface area contributed by atoms with Gasteiger partial charge in [-0.1, -0.05) is 66.7 Å². The number of pyridine rings is 2. The van der Waals surface area contributed by atoms with E-state index in [1.807, 2.05) is 18.3 Å². The Morgan fingerprint density at radius 2 is 1.19 bits per heavy atom. The number of rotatable bonds is 2. The molecule has 0 unspecified atom stereocenters. The van der Waals surface area contributed by atoms with E-state index in [0.717, 1.165) is 50.0 Å². The molecule has 0 aliphatic carbocycles. The summed E-state index contributed by atoms with van der Waals surface area (Å²) in [4.78, 5) is 10.1. The molecule has 0 amide bonds. The van der Waals surface area contributed by atoms with Crippen molar-refractivity contribution in [2.75, 3.05) is 0 Å². The number of fused-ring (bicyclic) bond motifs is 7. The first-order chi connectivity index (χ1) is 17.9. The predicted octanol–water partition coefficient (Wildman–Crippen LogP) is 7.82. The molecule has 36 heavy (non-hydrogen) atoms. The highest BCUT2D eigenvalue weighted by molar-refractivity contribution is 6.15. The van der Waals surface area contributed by atoms with Gasteiger partial charge in [-0.05, 0) is 59.3 Å². The molecule has 0 saturated carbocycles. The van der Waals surface area contributed by atoms with Gasteiger partial charge in [0.25, 0.3) is 0 Å². The van der Waals surface area contributed by atoms with Crippen molar-refractivity contribution in [1.29, 1.82) is 0 Å². The predicted molar refractivity (Wildman–Crippen MR) is 148 cm³/mol. The topological polar surface area (TPSA) is 35.6 Å². The molecule has 4 aromatic carbocycles. The van der Waals surface area contributed by atoms with Gasteiger partial charge in [0.05, 0.1) is 16.6 Å². The van der Waals surface area contributed by atoms with Crippen LogP contribution in [0.2, 0.25) is 0 Å². The van der Waals surface area contributed by atoms with Crippen LogP contribution in [0.3, 0.4) is 0 Å². The van der Waals surface area contributed by atoms with Gasteiger partial charge in [-0.2, -0.15) is 0 Å². The number of hydrogen-bond donors (Lipinski definition) is 0. The van der Waals surface area contributed by atoms with Crippen LogP contribution in [0, 0.1) is 0 Å². The molecule has 0 radical (unpaired) electrons. The summed E-state index contributed by atoms with van der Waals surface area (Å²) in [5.41, 5.74) is 7.20. The first-order valence-electron chi connectivity index (χ1n) is 12.1. The zero-order valence-electron chi connectivity index (χ0n) is 19.3. The van der Waals surface area contributed by atoms with Crippen LogP contribution in [0.15, 0.2) is 121 Å². The molecule has 0 aliphatic heterocycles. The molecular formula is C32H20N4. The second kappa shape index (κ2) is 7.27. The minimum absolute atomic E-state index is 0.909. The van der Waals surface area contributed by atoms with Crippen LogP contribution in [0.1, 0.15) is 0 Å². The van der Waals surface area contributed by atoms with Gasteiger partial charge in [0.2, 0.25) is 0 Å². The molecule has 4 nitrogen and oxygen atoms in total. The monoisotopic (exact) mass is 460 g/mol. The zero-order chi connectivity index (χ0) is 23.6. The smallest absolute Gasteiger partial charge is 0.149 e. The van der Waals surface area contributed by atoms with Crippen LogP contribution >= 0.6 is 0 Å². The summed E-state index contributed by atoms with van der Waals surface area (Å²) in [6, 6.07) is 40.5. The van der Waals surface area contributed by atoms with E-state index in [1.165, 1.54) is 16.2 Å². The van der Waals surface area contributed by atoms with E-state index in [4.69, 9.17) is 9.97 Å². The fraction of sp³-hybridized carbons (Fsp3) is 0. The molecular weight excluding hydrogens is 440 g/mol. The first-order valence-corrected chi connectivity index (χ1v) is 12.1. The van der Waals surface area contributed by atoms with Crippen molar-refractivity contribution in [3.8, 4) is 11.4 Å². The Kier molecular flexibility index (Phi) is 3.91. The average molecular weight is 461 g/mol. The van der Waals surface area contributed by atoms with Crippen molar-refractivity contribution in [2.24, 2.45) is 0 Å². The highest BCUT2D eigenvalue weighted by atomic mass is 15.1. The van der Waals surface area contributed by atoms with Crippen molar-refractivity contribution in [2.45, 2.75) is 0 Å². The molecule has 0 atom stereocenters. The van der Waals surface area contributed by atoms with Gasteiger partial charge in [-0.25, -0.2) is 4.98 Å². The Morgan fingerprint density at radius 3 is 2.11 bits per heavy atom. The minimum atomic E-state index is 0.909. The molecule has 0 fully saturated rings. The van der Waals surface area contributed by atoms with E-state index in [0.29, 0.717) is 0 Å². The maximum atomic E-state index is 5.37. The lowest BCUT2D eigenvalue weighted by Crippen LogP contribution is -1.98. The number of hydrogen-bond acceptors (Lipinski definition) is 2. The Bertz CT molecular complexity index is 2100. The van der Waals surface area contributed by atoms with Gasteiger partial charge in [-0.15, -0.1) is 0 Å². The number of benzene rings is 4. The highest BCUT2D eigenvalue weighted by Crippen LogP contribution is 2.37. The molecule has 4 heterocycles. The fourth-order valence-electron chi connectivity index (χ4n) is 5.53. The Hall–Kier alpha value is -4.96. The van der Waals surface area contributed by atoms with Gasteiger partial charge < -0.3 is 0 Å². The first kappa shape index (κ1) is 19.4. The second-order valence-corrected chi connectivity index (χ2v) is 9.16. The van der Waals surface area contributed by atoms with E-state index in [9.17, 15) is 0 Å². The molecule has 0 bridgehead atoms. The molecule has 0 spiro atoms. The van der Waals surface area contributed by atoms with Crippen LogP contribution in [0.4, 0.5) is 0 Å². The molecule has 168 valence electrons. The maximum absolute atomic E-state index is 5.37. The van der Waals surface area contributed by atoms with Gasteiger partial charge in [0, 0.05) is 33.7 Å². The zero-order valence-corrected chi connectivity index (χ0v) is 19.3. The molecule has 8 aromatic rings. The average Bonchev–Trinajstić information content (AvgIpc) is 3.44. The molecule has 0 N–H and O–H groups in total. The highest BCUT2D eigenvalue weighted by Gasteiger charge is 2.20. The van der Waals surface area contributed by atoms with Crippen LogP contribution < -0.4 is 0 Å². The number of nitrogens with zero attached hydrogens (tertiary/aromatic N) is 4. The molecule has 4 heteroatoms. The second-order valence-electron chi connectivity index (χ2n) is 9.16.